The van der Waals surface area contributed by atoms with Crippen molar-refractivity contribution in [3.05, 3.63) is 51.8 Å². The predicted octanol–water partition coefficient (Wildman–Crippen LogP) is 2.27. The second kappa shape index (κ2) is 10.0. The Bertz CT molecular complexity index is 842. The second-order valence-electron chi connectivity index (χ2n) is 8.01. The van der Waals surface area contributed by atoms with Gasteiger partial charge in [-0.2, -0.15) is 8.78 Å². The summed E-state index contributed by atoms with van der Waals surface area (Å²) in [4.78, 5) is 15.4. The van der Waals surface area contributed by atoms with E-state index in [1.54, 1.807) is 18.2 Å². The lowest BCUT2D eigenvalue weighted by atomic mass is 9.77. The molecule has 0 bridgehead atoms. The van der Waals surface area contributed by atoms with Gasteiger partial charge in [0.25, 0.3) is 0 Å². The number of para-hydroxylation sites is 1. The highest BCUT2D eigenvalue weighted by atomic mass is 19.3. The molecule has 1 saturated carbocycles. The molecule has 1 fully saturated rings. The Morgan fingerprint density at radius 2 is 1.94 bits per heavy atom. The largest absolute Gasteiger partial charge is 0.434 e. The summed E-state index contributed by atoms with van der Waals surface area (Å²) in [7, 11) is 0. The molecule has 11 heteroatoms. The predicted molar refractivity (Wildman–Crippen MR) is 112 cm³/mol. The topological polar surface area (TPSA) is 141 Å². The zero-order chi connectivity index (χ0) is 22.4. The minimum atomic E-state index is -2.95. The summed E-state index contributed by atoms with van der Waals surface area (Å²) in [6.07, 6.45) is 5.40. The van der Waals surface area contributed by atoms with Crippen LogP contribution in [0.1, 0.15) is 37.7 Å². The second-order valence-corrected chi connectivity index (χ2v) is 8.01. The van der Waals surface area contributed by atoms with E-state index in [4.69, 9.17) is 11.5 Å². The summed E-state index contributed by atoms with van der Waals surface area (Å²) in [5.41, 5.74) is 11.1. The number of benzene rings is 1. The molecule has 6 N–H and O–H groups in total. The number of hydrogen-bond acceptors (Lipinski definition) is 6. The van der Waals surface area contributed by atoms with Crippen LogP contribution in [0.2, 0.25) is 0 Å². The van der Waals surface area contributed by atoms with Crippen LogP contribution in [-0.2, 0) is 6.54 Å². The molecule has 9 nitrogen and oxygen atoms in total. The fourth-order valence-electron chi connectivity index (χ4n) is 4.17. The average Bonchev–Trinajstić information content (AvgIpc) is 2.73. The Kier molecular flexibility index (Phi) is 7.39. The molecular formula is C20H28F2N6O3. The number of rotatable bonds is 8. The molecule has 1 aliphatic carbocycles. The molecule has 0 spiro atoms. The van der Waals surface area contributed by atoms with Gasteiger partial charge in [-0.15, -0.1) is 0 Å². The van der Waals surface area contributed by atoms with Gasteiger partial charge in [-0.25, -0.2) is 4.99 Å². The monoisotopic (exact) mass is 438 g/mol. The molecule has 1 heterocycles. The third-order valence-electron chi connectivity index (χ3n) is 5.85. The van der Waals surface area contributed by atoms with Crippen LogP contribution in [0.15, 0.2) is 41.2 Å². The van der Waals surface area contributed by atoms with Gasteiger partial charge < -0.3 is 21.1 Å². The van der Waals surface area contributed by atoms with Gasteiger partial charge in [0, 0.05) is 5.56 Å². The van der Waals surface area contributed by atoms with Crippen molar-refractivity contribution in [2.24, 2.45) is 28.3 Å². The highest BCUT2D eigenvalue weighted by Gasteiger charge is 2.44. The van der Waals surface area contributed by atoms with E-state index in [1.807, 2.05) is 0 Å². The van der Waals surface area contributed by atoms with Crippen LogP contribution in [0.3, 0.4) is 0 Å². The Balaban J connectivity index is 1.74. The summed E-state index contributed by atoms with van der Waals surface area (Å²) in [5.74, 6) is 0.970. The molecule has 0 amide bonds. The van der Waals surface area contributed by atoms with Gasteiger partial charge in [-0.05, 0) is 56.6 Å². The molecule has 31 heavy (non-hydrogen) atoms. The maximum atomic E-state index is 12.6. The summed E-state index contributed by atoms with van der Waals surface area (Å²) < 4.78 is 29.7. The van der Waals surface area contributed by atoms with E-state index >= 15 is 0 Å². The molecule has 0 aromatic heterocycles. The number of nitro groups is 1. The molecule has 1 aromatic carbocycles. The van der Waals surface area contributed by atoms with E-state index in [0.717, 1.165) is 25.7 Å². The Morgan fingerprint density at radius 3 is 2.58 bits per heavy atom. The van der Waals surface area contributed by atoms with Crippen LogP contribution in [0, 0.1) is 22.0 Å². The van der Waals surface area contributed by atoms with Gasteiger partial charge in [0.2, 0.25) is 0 Å². The number of nitrogens with two attached hydrogens (primary N) is 2. The van der Waals surface area contributed by atoms with Gasteiger partial charge in [-0.3, -0.25) is 15.8 Å². The first kappa shape index (κ1) is 22.9. The van der Waals surface area contributed by atoms with E-state index in [2.05, 4.69) is 20.4 Å². The molecule has 3 rings (SSSR count). The van der Waals surface area contributed by atoms with Gasteiger partial charge in [0.15, 0.2) is 11.6 Å². The number of aliphatic imine (C=N–C) groups is 1. The maximum absolute atomic E-state index is 12.6. The lowest BCUT2D eigenvalue weighted by Crippen LogP contribution is -2.64. The zero-order valence-electron chi connectivity index (χ0n) is 17.1. The van der Waals surface area contributed by atoms with Crippen molar-refractivity contribution in [3.63, 3.8) is 0 Å². The van der Waals surface area contributed by atoms with Crippen LogP contribution in [-0.4, -0.2) is 29.7 Å². The van der Waals surface area contributed by atoms with E-state index in [0.29, 0.717) is 24.4 Å². The molecule has 170 valence electrons. The smallest absolute Gasteiger partial charge is 0.387 e. The third kappa shape index (κ3) is 5.88. The zero-order valence-corrected chi connectivity index (χ0v) is 17.1. The van der Waals surface area contributed by atoms with E-state index in [1.165, 1.54) is 12.3 Å². The van der Waals surface area contributed by atoms with Crippen molar-refractivity contribution in [3.8, 4) is 5.75 Å². The first-order valence-electron chi connectivity index (χ1n) is 10.3. The van der Waals surface area contributed by atoms with E-state index in [-0.39, 0.29) is 29.9 Å². The number of nitrogens with zero attached hydrogens (tertiary/aromatic N) is 2. The van der Waals surface area contributed by atoms with Crippen molar-refractivity contribution in [2.45, 2.75) is 50.9 Å². The molecule has 2 aliphatic rings. The number of halogens is 2. The molecule has 0 saturated heterocycles. The SMILES string of the molecule is NCC1CCC(CC2(N)NC(=NCc3ccccc3OC(F)F)NC=C2[N+](=O)[O-])CC1. The minimum Gasteiger partial charge on any atom is -0.434 e. The van der Waals surface area contributed by atoms with Crippen LogP contribution in [0.4, 0.5) is 8.78 Å². The molecule has 1 aliphatic heterocycles. The molecule has 1 atom stereocenters. The normalized spacial score (nSPS) is 27.4. The number of ether oxygens (including phenoxy) is 1. The highest BCUT2D eigenvalue weighted by Crippen LogP contribution is 2.34. The highest BCUT2D eigenvalue weighted by molar-refractivity contribution is 5.83. The standard InChI is InChI=1S/C20H28F2N6O3/c21-18(22)31-16-4-2-1-3-15(16)11-25-19-26-12-17(28(29)30)20(24,27-19)9-13-5-7-14(10-23)8-6-13/h1-4,12-14,18H,5-11,23-24H2,(H2,25,26,27). The Labute approximate surface area is 179 Å². The number of nitrogens with one attached hydrogen (secondary N) is 2. The van der Waals surface area contributed by atoms with Crippen molar-refractivity contribution >= 4 is 5.96 Å². The van der Waals surface area contributed by atoms with Crippen LogP contribution in [0.5, 0.6) is 5.75 Å². The van der Waals surface area contributed by atoms with Crippen LogP contribution in [0.25, 0.3) is 0 Å². The van der Waals surface area contributed by atoms with Gasteiger partial charge in [0.05, 0.1) is 17.7 Å². The van der Waals surface area contributed by atoms with Gasteiger partial charge in [-0.1, -0.05) is 18.2 Å². The molecular weight excluding hydrogens is 410 g/mol. The van der Waals surface area contributed by atoms with Crippen molar-refractivity contribution in [2.75, 3.05) is 6.54 Å². The van der Waals surface area contributed by atoms with Gasteiger partial charge >= 0.3 is 12.3 Å². The minimum absolute atomic E-state index is 0.0230. The molecule has 0 radical (unpaired) electrons. The quantitative estimate of drug-likeness (QED) is 0.360. The van der Waals surface area contributed by atoms with E-state index in [9.17, 15) is 18.9 Å². The first-order valence-corrected chi connectivity index (χ1v) is 10.3. The molecule has 1 unspecified atom stereocenters. The lowest BCUT2D eigenvalue weighted by molar-refractivity contribution is -0.437. The first-order chi connectivity index (χ1) is 14.8. The van der Waals surface area contributed by atoms with Crippen LogP contribution >= 0.6 is 0 Å². The summed E-state index contributed by atoms with van der Waals surface area (Å²) in [6, 6.07) is 6.32. The van der Waals surface area contributed by atoms with Gasteiger partial charge in [0.1, 0.15) is 5.75 Å². The average molecular weight is 438 g/mol. The summed E-state index contributed by atoms with van der Waals surface area (Å²) >= 11 is 0. The van der Waals surface area contributed by atoms with Crippen molar-refractivity contribution in [1.82, 2.24) is 10.6 Å². The molecule has 1 aromatic rings. The van der Waals surface area contributed by atoms with Crippen molar-refractivity contribution < 1.29 is 18.4 Å². The fraction of sp³-hybridized carbons (Fsp3) is 0.550. The summed E-state index contributed by atoms with van der Waals surface area (Å²) in [6.45, 7) is -2.27. The number of alkyl halides is 2. The van der Waals surface area contributed by atoms with Crippen molar-refractivity contribution in [1.29, 1.82) is 0 Å². The Morgan fingerprint density at radius 1 is 1.26 bits per heavy atom. The number of hydrogen-bond donors (Lipinski definition) is 4. The number of guanidine groups is 1. The maximum Gasteiger partial charge on any atom is 0.387 e. The Hall–Kier alpha value is -2.79. The van der Waals surface area contributed by atoms with Crippen LogP contribution < -0.4 is 26.8 Å². The summed E-state index contributed by atoms with van der Waals surface area (Å²) in [5, 5.41) is 17.3. The lowest BCUT2D eigenvalue weighted by Gasteiger charge is -2.37. The fourth-order valence-corrected chi connectivity index (χ4v) is 4.17. The third-order valence-corrected chi connectivity index (χ3v) is 5.85. The van der Waals surface area contributed by atoms with E-state index < -0.39 is 17.2 Å².